The van der Waals surface area contributed by atoms with Gasteiger partial charge in [0.15, 0.2) is 11.5 Å². The van der Waals surface area contributed by atoms with E-state index < -0.39 is 0 Å². The van der Waals surface area contributed by atoms with Gasteiger partial charge >= 0.3 is 0 Å². The van der Waals surface area contributed by atoms with Gasteiger partial charge in [-0.15, -0.1) is 10.2 Å². The number of aromatic nitrogens is 3. The van der Waals surface area contributed by atoms with Crippen LogP contribution >= 0.6 is 15.9 Å². The van der Waals surface area contributed by atoms with Gasteiger partial charge in [0.2, 0.25) is 0 Å². The Labute approximate surface area is 114 Å². The average molecular weight is 302 g/mol. The topological polar surface area (TPSA) is 30.2 Å². The van der Waals surface area contributed by atoms with E-state index in [0.717, 1.165) is 27.1 Å². The van der Waals surface area contributed by atoms with E-state index in [-0.39, 0.29) is 0 Å². The fourth-order valence-corrected chi connectivity index (χ4v) is 2.31. The van der Waals surface area contributed by atoms with Crippen LogP contribution in [-0.2, 0) is 0 Å². The van der Waals surface area contributed by atoms with Crippen LogP contribution in [-0.4, -0.2) is 14.6 Å². The molecule has 3 nitrogen and oxygen atoms in total. The van der Waals surface area contributed by atoms with Crippen LogP contribution in [0.15, 0.2) is 41.0 Å². The quantitative estimate of drug-likeness (QED) is 0.685. The zero-order chi connectivity index (χ0) is 12.7. The molecule has 0 amide bonds. The number of nitrogens with zero attached hydrogens (tertiary/aromatic N) is 3. The molecule has 0 saturated carbocycles. The van der Waals surface area contributed by atoms with E-state index in [1.54, 1.807) is 0 Å². The number of hydrogen-bond acceptors (Lipinski definition) is 2. The summed E-state index contributed by atoms with van der Waals surface area (Å²) in [6.07, 6.45) is 2.02. The van der Waals surface area contributed by atoms with Crippen LogP contribution in [0.5, 0.6) is 0 Å². The first kappa shape index (κ1) is 11.4. The van der Waals surface area contributed by atoms with Gasteiger partial charge in [-0.25, -0.2) is 0 Å². The highest BCUT2D eigenvalue weighted by atomic mass is 79.9. The average Bonchev–Trinajstić information content (AvgIpc) is 2.73. The van der Waals surface area contributed by atoms with Crippen LogP contribution in [0.2, 0.25) is 0 Å². The summed E-state index contributed by atoms with van der Waals surface area (Å²) in [7, 11) is 0. The van der Waals surface area contributed by atoms with Crippen LogP contribution in [0.4, 0.5) is 0 Å². The molecule has 0 atom stereocenters. The van der Waals surface area contributed by atoms with Crippen molar-refractivity contribution in [2.24, 2.45) is 0 Å². The second-order valence-corrected chi connectivity index (χ2v) is 5.28. The molecule has 18 heavy (non-hydrogen) atoms. The summed E-state index contributed by atoms with van der Waals surface area (Å²) in [6.45, 7) is 4.12. The summed E-state index contributed by atoms with van der Waals surface area (Å²) in [5, 5.41) is 8.50. The number of aryl methyl sites for hydroxylation is 2. The third-order valence-electron chi connectivity index (χ3n) is 2.96. The van der Waals surface area contributed by atoms with Gasteiger partial charge in [0.25, 0.3) is 0 Å². The van der Waals surface area contributed by atoms with Crippen molar-refractivity contribution in [2.45, 2.75) is 13.8 Å². The fraction of sp³-hybridized carbons (Fsp3) is 0.143. The highest BCUT2D eigenvalue weighted by molar-refractivity contribution is 9.10. The molecule has 4 heteroatoms. The van der Waals surface area contributed by atoms with Crippen LogP contribution < -0.4 is 0 Å². The first-order chi connectivity index (χ1) is 8.65. The van der Waals surface area contributed by atoms with Gasteiger partial charge < -0.3 is 0 Å². The molecular weight excluding hydrogens is 290 g/mol. The Kier molecular flexibility index (Phi) is 2.67. The summed E-state index contributed by atoms with van der Waals surface area (Å²) >= 11 is 3.55. The molecule has 0 aliphatic heterocycles. The first-order valence-electron chi connectivity index (χ1n) is 5.73. The molecule has 1 aromatic carbocycles. The normalized spacial score (nSPS) is 11.1. The lowest BCUT2D eigenvalue weighted by Crippen LogP contribution is -1.91. The van der Waals surface area contributed by atoms with E-state index >= 15 is 0 Å². The number of hydrogen-bond donors (Lipinski definition) is 0. The van der Waals surface area contributed by atoms with E-state index in [1.807, 2.05) is 29.7 Å². The van der Waals surface area contributed by atoms with Crippen molar-refractivity contribution in [3.05, 3.63) is 52.1 Å². The third-order valence-corrected chi connectivity index (χ3v) is 3.79. The Morgan fingerprint density at radius 2 is 1.94 bits per heavy atom. The van der Waals surface area contributed by atoms with E-state index in [1.165, 1.54) is 5.56 Å². The second-order valence-electron chi connectivity index (χ2n) is 4.43. The number of rotatable bonds is 1. The molecule has 90 valence electrons. The molecule has 3 rings (SSSR count). The maximum absolute atomic E-state index is 4.28. The predicted octanol–water partition coefficient (Wildman–Crippen LogP) is 3.78. The molecular formula is C14H12BrN3. The van der Waals surface area contributed by atoms with Crippen molar-refractivity contribution in [3.8, 4) is 11.4 Å². The van der Waals surface area contributed by atoms with Crippen molar-refractivity contribution in [1.82, 2.24) is 14.6 Å². The van der Waals surface area contributed by atoms with E-state index in [4.69, 9.17) is 0 Å². The second kappa shape index (κ2) is 4.21. The molecule has 0 unspecified atom stereocenters. The van der Waals surface area contributed by atoms with Crippen molar-refractivity contribution < 1.29 is 0 Å². The number of halogens is 1. The molecule has 0 spiro atoms. The molecule has 0 fully saturated rings. The minimum absolute atomic E-state index is 0.868. The molecule has 0 radical (unpaired) electrons. The highest BCUT2D eigenvalue weighted by Crippen LogP contribution is 2.23. The summed E-state index contributed by atoms with van der Waals surface area (Å²) in [5.41, 5.74) is 4.33. The summed E-state index contributed by atoms with van der Waals surface area (Å²) in [5.74, 6) is 0.870. The Morgan fingerprint density at radius 3 is 2.72 bits per heavy atom. The van der Waals surface area contributed by atoms with Gasteiger partial charge in [0, 0.05) is 16.2 Å². The predicted molar refractivity (Wildman–Crippen MR) is 75.6 cm³/mol. The molecule has 0 aliphatic carbocycles. The lowest BCUT2D eigenvalue weighted by atomic mass is 10.1. The maximum atomic E-state index is 4.28. The van der Waals surface area contributed by atoms with E-state index in [0.29, 0.717) is 0 Å². The molecule has 2 heterocycles. The molecule has 0 saturated heterocycles. The first-order valence-corrected chi connectivity index (χ1v) is 6.52. The number of benzene rings is 1. The van der Waals surface area contributed by atoms with Crippen molar-refractivity contribution in [2.75, 3.05) is 0 Å². The van der Waals surface area contributed by atoms with Crippen molar-refractivity contribution in [1.29, 1.82) is 0 Å². The Balaban J connectivity index is 2.27. The van der Waals surface area contributed by atoms with Crippen LogP contribution in [0.3, 0.4) is 0 Å². The summed E-state index contributed by atoms with van der Waals surface area (Å²) in [4.78, 5) is 0. The lowest BCUT2D eigenvalue weighted by Gasteiger charge is -2.03. The van der Waals surface area contributed by atoms with Crippen molar-refractivity contribution >= 4 is 21.6 Å². The smallest absolute Gasteiger partial charge is 0.168 e. The van der Waals surface area contributed by atoms with Gasteiger partial charge in [-0.2, -0.15) is 0 Å². The van der Waals surface area contributed by atoms with Gasteiger partial charge in [0.05, 0.1) is 0 Å². The van der Waals surface area contributed by atoms with Gasteiger partial charge in [0.1, 0.15) is 0 Å². The molecule has 0 bridgehead atoms. The third kappa shape index (κ3) is 1.82. The maximum Gasteiger partial charge on any atom is 0.168 e. The van der Waals surface area contributed by atoms with E-state index in [2.05, 4.69) is 51.3 Å². The molecule has 0 aliphatic rings. The Bertz CT molecular complexity index is 731. The van der Waals surface area contributed by atoms with E-state index in [9.17, 15) is 0 Å². The van der Waals surface area contributed by atoms with Crippen LogP contribution in [0.1, 0.15) is 11.1 Å². The van der Waals surface area contributed by atoms with Gasteiger partial charge in [-0.1, -0.05) is 23.8 Å². The van der Waals surface area contributed by atoms with Gasteiger partial charge in [-0.05, 0) is 47.5 Å². The number of fused-ring (bicyclic) bond motifs is 1. The highest BCUT2D eigenvalue weighted by Gasteiger charge is 2.09. The fourth-order valence-electron chi connectivity index (χ4n) is 1.99. The van der Waals surface area contributed by atoms with Crippen LogP contribution in [0.25, 0.3) is 17.0 Å². The minimum Gasteiger partial charge on any atom is -0.281 e. The SMILES string of the molecule is Cc1cccc(-c2nnc3cc(C)c(Br)cn23)c1. The summed E-state index contributed by atoms with van der Waals surface area (Å²) < 4.78 is 3.06. The summed E-state index contributed by atoms with van der Waals surface area (Å²) in [6, 6.07) is 10.3. The zero-order valence-electron chi connectivity index (χ0n) is 10.2. The number of pyridine rings is 1. The minimum atomic E-state index is 0.868. The zero-order valence-corrected chi connectivity index (χ0v) is 11.8. The molecule has 3 aromatic rings. The standard InChI is InChI=1S/C14H12BrN3/c1-9-4-3-5-11(6-9)14-17-16-13-7-10(2)12(15)8-18(13)14/h3-8H,1-2H3. The largest absolute Gasteiger partial charge is 0.281 e. The monoisotopic (exact) mass is 301 g/mol. The Morgan fingerprint density at radius 1 is 1.11 bits per heavy atom. The van der Waals surface area contributed by atoms with Gasteiger partial charge in [-0.3, -0.25) is 4.40 Å². The Hall–Kier alpha value is -1.68. The molecule has 0 N–H and O–H groups in total. The molecule has 2 aromatic heterocycles. The van der Waals surface area contributed by atoms with Crippen LogP contribution in [0, 0.1) is 13.8 Å². The van der Waals surface area contributed by atoms with Crippen molar-refractivity contribution in [3.63, 3.8) is 0 Å². The lowest BCUT2D eigenvalue weighted by molar-refractivity contribution is 1.11.